The molecule has 0 saturated carbocycles. The average Bonchev–Trinajstić information content (AvgIpc) is 3.85. The third-order valence-electron chi connectivity index (χ3n) is 9.03. The predicted molar refractivity (Wildman–Crippen MR) is 193 cm³/mol. The molecule has 0 fully saturated rings. The first-order valence-electron chi connectivity index (χ1n) is 16.2. The summed E-state index contributed by atoms with van der Waals surface area (Å²) in [6, 6.07) is 20.6. The molecule has 254 valence electrons. The number of hydrogen-bond donors (Lipinski definition) is 6. The SMILES string of the molecule is Cn1c(-c2ccccc2)c(NCC[Se][Se]CCNc2c(-c3ccccc3)n(C)c3[nH]c(=O)c4c([nH]c[n+]4C)[n+]23)[n+]2c3[nH]c[n+](C)c3c(=O)[nH]c12. The number of rotatable bonds is 11. The molecular weight excluding hydrogens is 766 g/mol. The second-order valence-electron chi connectivity index (χ2n) is 12.1. The molecule has 0 aliphatic carbocycles. The fourth-order valence-electron chi connectivity index (χ4n) is 6.80. The van der Waals surface area contributed by atoms with Crippen LogP contribution in [0.5, 0.6) is 0 Å². The number of benzene rings is 2. The van der Waals surface area contributed by atoms with Crippen molar-refractivity contribution in [3.05, 3.63) is 94.0 Å². The van der Waals surface area contributed by atoms with Gasteiger partial charge in [0.1, 0.15) is 0 Å². The minimum absolute atomic E-state index is 0.132. The van der Waals surface area contributed by atoms with Crippen molar-refractivity contribution in [1.29, 1.82) is 0 Å². The Morgan fingerprint density at radius 2 is 1.04 bits per heavy atom. The van der Waals surface area contributed by atoms with E-state index in [1.165, 1.54) is 0 Å². The molecule has 0 saturated heterocycles. The monoisotopic (exact) mass is 806 g/mol. The van der Waals surface area contributed by atoms with E-state index < -0.39 is 0 Å². The molecule has 0 spiro atoms. The van der Waals surface area contributed by atoms with Crippen LogP contribution in [0, 0.1) is 0 Å². The van der Waals surface area contributed by atoms with Crippen molar-refractivity contribution in [2.24, 2.45) is 28.2 Å². The van der Waals surface area contributed by atoms with Crippen LogP contribution in [0.15, 0.2) is 82.9 Å². The number of nitrogens with one attached hydrogen (secondary N) is 6. The number of fused-ring (bicyclic) bond motifs is 6. The summed E-state index contributed by atoms with van der Waals surface area (Å²) in [6.07, 6.45) is 3.62. The van der Waals surface area contributed by atoms with Crippen LogP contribution >= 0.6 is 0 Å². The Balaban J connectivity index is 0.993. The van der Waals surface area contributed by atoms with Crippen molar-refractivity contribution >= 4 is 71.8 Å². The van der Waals surface area contributed by atoms with Crippen molar-refractivity contribution < 1.29 is 17.9 Å². The number of aryl methyl sites for hydroxylation is 4. The molecular formula is C34H38N12O2Se2+4. The van der Waals surface area contributed by atoms with Gasteiger partial charge in [0.05, 0.1) is 0 Å². The number of hydrogen-bond acceptors (Lipinski definition) is 4. The van der Waals surface area contributed by atoms with Gasteiger partial charge in [-0.1, -0.05) is 0 Å². The van der Waals surface area contributed by atoms with Gasteiger partial charge in [0.2, 0.25) is 0 Å². The van der Waals surface area contributed by atoms with E-state index in [9.17, 15) is 9.59 Å². The van der Waals surface area contributed by atoms with E-state index in [0.717, 1.165) is 69.2 Å². The standard InChI is InChI=1S/C34H34N12O2Se2/c1-41-19-37-29-25(41)31(47)39-33-43(3)23(21-11-7-5-8-12-21)27(45(29)33)35-15-17-49-50-18-16-36-28-24(22-13-9-6-10-14-22)44(4)34-40-32(48)26-30(46(28)34)38-20-42(26)2/h5-14,19-20,35-36H,15-18H2,1-4H3/p+4. The Morgan fingerprint density at radius 1 is 0.640 bits per heavy atom. The maximum absolute atomic E-state index is 13.0. The van der Waals surface area contributed by atoms with Crippen molar-refractivity contribution in [3.8, 4) is 22.5 Å². The summed E-state index contributed by atoms with van der Waals surface area (Å²) in [5.41, 5.74) is 6.60. The van der Waals surface area contributed by atoms with Crippen LogP contribution in [0.3, 0.4) is 0 Å². The Bertz CT molecular complexity index is 2470. The molecule has 50 heavy (non-hydrogen) atoms. The van der Waals surface area contributed by atoms with E-state index in [0.29, 0.717) is 48.9 Å². The number of imidazole rings is 4. The molecule has 0 unspecified atom stereocenters. The first kappa shape index (κ1) is 32.1. The molecule has 6 N–H and O–H groups in total. The second kappa shape index (κ2) is 13.0. The second-order valence-corrected chi connectivity index (χ2v) is 20.0. The van der Waals surface area contributed by atoms with Gasteiger partial charge >= 0.3 is 298 Å². The van der Waals surface area contributed by atoms with E-state index in [2.05, 4.69) is 63.6 Å². The molecule has 0 aliphatic rings. The van der Waals surface area contributed by atoms with Crippen LogP contribution in [0.4, 0.5) is 11.6 Å². The zero-order chi connectivity index (χ0) is 34.5. The molecule has 6 heterocycles. The van der Waals surface area contributed by atoms with Gasteiger partial charge in [-0.3, -0.25) is 0 Å². The fourth-order valence-corrected chi connectivity index (χ4v) is 12.5. The summed E-state index contributed by atoms with van der Waals surface area (Å²) in [6.45, 7) is 1.64. The third kappa shape index (κ3) is 5.23. The molecule has 6 aromatic heterocycles. The van der Waals surface area contributed by atoms with Crippen LogP contribution < -0.4 is 39.7 Å². The molecule has 0 amide bonds. The summed E-state index contributed by atoms with van der Waals surface area (Å²) in [5, 5.41) is 9.63. The van der Waals surface area contributed by atoms with Crippen LogP contribution in [0.2, 0.25) is 10.6 Å². The number of H-pyrrole nitrogens is 4. The van der Waals surface area contributed by atoms with Crippen LogP contribution in [-0.4, -0.2) is 68.4 Å². The van der Waals surface area contributed by atoms with Gasteiger partial charge < -0.3 is 0 Å². The normalized spacial score (nSPS) is 11.8. The minimum atomic E-state index is -0.132. The van der Waals surface area contributed by atoms with Crippen molar-refractivity contribution in [3.63, 3.8) is 0 Å². The van der Waals surface area contributed by atoms with Gasteiger partial charge in [0.25, 0.3) is 0 Å². The van der Waals surface area contributed by atoms with E-state index in [1.54, 1.807) is 0 Å². The molecule has 0 bridgehead atoms. The van der Waals surface area contributed by atoms with E-state index in [-0.39, 0.29) is 11.1 Å². The van der Waals surface area contributed by atoms with Gasteiger partial charge in [-0.05, 0) is 0 Å². The number of anilines is 2. The van der Waals surface area contributed by atoms with Gasteiger partial charge in [-0.15, -0.1) is 0 Å². The van der Waals surface area contributed by atoms with Gasteiger partial charge in [-0.2, -0.15) is 0 Å². The zero-order valence-corrected chi connectivity index (χ0v) is 31.5. The average molecular weight is 805 g/mol. The van der Waals surface area contributed by atoms with Crippen LogP contribution in [-0.2, 0) is 28.2 Å². The zero-order valence-electron chi connectivity index (χ0n) is 28.1. The maximum atomic E-state index is 13.0. The Kier molecular flexibility index (Phi) is 8.31. The topological polar surface area (TPSA) is 147 Å². The van der Waals surface area contributed by atoms with E-state index in [1.807, 2.05) is 95.5 Å². The molecule has 8 aromatic rings. The Labute approximate surface area is 296 Å². The molecule has 8 rings (SSSR count). The Hall–Kier alpha value is -5.14. The summed E-state index contributed by atoms with van der Waals surface area (Å²) in [5.74, 6) is 3.32. The van der Waals surface area contributed by atoms with Gasteiger partial charge in [-0.25, -0.2) is 0 Å². The van der Waals surface area contributed by atoms with Crippen LogP contribution in [0.1, 0.15) is 0 Å². The quantitative estimate of drug-likeness (QED) is 0.0655. The van der Waals surface area contributed by atoms with E-state index >= 15 is 0 Å². The molecule has 0 aliphatic heterocycles. The molecule has 2 aromatic carbocycles. The molecule has 0 atom stereocenters. The first-order valence-corrected chi connectivity index (χ1v) is 23.0. The molecule has 16 heteroatoms. The van der Waals surface area contributed by atoms with Crippen molar-refractivity contribution in [1.82, 2.24) is 29.1 Å². The Morgan fingerprint density at radius 3 is 1.44 bits per heavy atom. The van der Waals surface area contributed by atoms with Crippen LogP contribution in [0.25, 0.3) is 56.4 Å². The number of nitrogens with zero attached hydrogens (tertiary/aromatic N) is 6. The fraction of sp³-hybridized carbons (Fsp3) is 0.235. The number of aromatic amines is 4. The summed E-state index contributed by atoms with van der Waals surface area (Å²) >= 11 is 0.957. The van der Waals surface area contributed by atoms with Crippen molar-refractivity contribution in [2.75, 3.05) is 23.7 Å². The summed E-state index contributed by atoms with van der Waals surface area (Å²) in [4.78, 5) is 38.9. The summed E-state index contributed by atoms with van der Waals surface area (Å²) in [7, 11) is 7.72. The van der Waals surface area contributed by atoms with Crippen molar-refractivity contribution in [2.45, 2.75) is 10.6 Å². The van der Waals surface area contributed by atoms with Gasteiger partial charge in [0, 0.05) is 0 Å². The molecule has 0 radical (unpaired) electrons. The third-order valence-corrected chi connectivity index (χ3v) is 16.4. The predicted octanol–water partition coefficient (Wildman–Crippen LogP) is 0.847. The van der Waals surface area contributed by atoms with E-state index in [4.69, 9.17) is 0 Å². The summed E-state index contributed by atoms with van der Waals surface area (Å²) < 4.78 is 11.9. The number of aromatic nitrogens is 10. The van der Waals surface area contributed by atoms with Gasteiger partial charge in [0.15, 0.2) is 0 Å². The first-order chi connectivity index (χ1) is 24.3. The molecule has 14 nitrogen and oxygen atoms in total.